The standard InChI is InChI=1S/C14H20BrN3O.ClH/c1-17-9-12(15)6-13(17)14(19)18-4-2-10-7-16-8-11(10)3-5-18;/h6,9-11,16H,2-5,7-8H2,1H3;1H/t10-,11+;. The third-order valence-corrected chi connectivity index (χ3v) is 4.93. The molecule has 0 radical (unpaired) electrons. The van der Waals surface area contributed by atoms with Crippen LogP contribution < -0.4 is 5.32 Å². The maximum atomic E-state index is 12.6. The van der Waals surface area contributed by atoms with Crippen LogP contribution in [0.25, 0.3) is 0 Å². The van der Waals surface area contributed by atoms with E-state index in [1.165, 1.54) is 0 Å². The molecule has 112 valence electrons. The van der Waals surface area contributed by atoms with Gasteiger partial charge < -0.3 is 14.8 Å². The van der Waals surface area contributed by atoms with Crippen molar-refractivity contribution in [1.82, 2.24) is 14.8 Å². The third-order valence-electron chi connectivity index (χ3n) is 4.50. The van der Waals surface area contributed by atoms with Crippen LogP contribution in [0.15, 0.2) is 16.7 Å². The molecular formula is C14H21BrClN3O. The molecule has 0 bridgehead atoms. The summed E-state index contributed by atoms with van der Waals surface area (Å²) in [7, 11) is 1.93. The Morgan fingerprint density at radius 2 is 1.90 bits per heavy atom. The third kappa shape index (κ3) is 3.05. The molecule has 0 aromatic carbocycles. The summed E-state index contributed by atoms with van der Waals surface area (Å²) in [6.45, 7) is 4.04. The van der Waals surface area contributed by atoms with E-state index in [1.54, 1.807) is 0 Å². The molecule has 1 aromatic heterocycles. The molecule has 0 spiro atoms. The Labute approximate surface area is 134 Å². The number of carbonyl (C=O) groups is 1. The first kappa shape index (κ1) is 15.9. The van der Waals surface area contributed by atoms with E-state index in [2.05, 4.69) is 21.2 Å². The summed E-state index contributed by atoms with van der Waals surface area (Å²) in [5, 5.41) is 3.47. The van der Waals surface area contributed by atoms with Crippen LogP contribution >= 0.6 is 28.3 Å². The summed E-state index contributed by atoms with van der Waals surface area (Å²) in [5.74, 6) is 1.69. The van der Waals surface area contributed by atoms with E-state index in [1.807, 2.05) is 28.8 Å². The van der Waals surface area contributed by atoms with Crippen LogP contribution in [0.2, 0.25) is 0 Å². The van der Waals surface area contributed by atoms with E-state index >= 15 is 0 Å². The van der Waals surface area contributed by atoms with Gasteiger partial charge >= 0.3 is 0 Å². The molecule has 4 nitrogen and oxygen atoms in total. The quantitative estimate of drug-likeness (QED) is 0.832. The molecule has 2 aliphatic rings. The van der Waals surface area contributed by atoms with Gasteiger partial charge in [-0.1, -0.05) is 0 Å². The highest BCUT2D eigenvalue weighted by Crippen LogP contribution is 2.28. The Balaban J connectivity index is 0.00000147. The fourth-order valence-electron chi connectivity index (χ4n) is 3.32. The molecule has 0 saturated carbocycles. The van der Waals surface area contributed by atoms with Crippen molar-refractivity contribution in [1.29, 1.82) is 0 Å². The lowest BCUT2D eigenvalue weighted by Gasteiger charge is -2.21. The lowest BCUT2D eigenvalue weighted by atomic mass is 9.92. The number of amides is 1. The lowest BCUT2D eigenvalue weighted by Crippen LogP contribution is -2.33. The van der Waals surface area contributed by atoms with E-state index in [0.717, 1.165) is 61.0 Å². The molecule has 2 saturated heterocycles. The summed E-state index contributed by atoms with van der Waals surface area (Å²) in [6.07, 6.45) is 4.20. The summed E-state index contributed by atoms with van der Waals surface area (Å²) < 4.78 is 2.87. The van der Waals surface area contributed by atoms with Gasteiger partial charge in [0.15, 0.2) is 0 Å². The highest BCUT2D eigenvalue weighted by atomic mass is 79.9. The van der Waals surface area contributed by atoms with Gasteiger partial charge in [-0.05, 0) is 59.8 Å². The van der Waals surface area contributed by atoms with Crippen LogP contribution in [0, 0.1) is 11.8 Å². The van der Waals surface area contributed by atoms with Gasteiger partial charge in [0.2, 0.25) is 0 Å². The molecule has 6 heteroatoms. The van der Waals surface area contributed by atoms with Gasteiger partial charge in [-0.3, -0.25) is 4.79 Å². The minimum absolute atomic E-state index is 0. The van der Waals surface area contributed by atoms with Crippen LogP contribution in [-0.4, -0.2) is 41.6 Å². The van der Waals surface area contributed by atoms with Gasteiger partial charge in [-0.15, -0.1) is 12.4 Å². The number of rotatable bonds is 1. The van der Waals surface area contributed by atoms with Crippen LogP contribution in [0.5, 0.6) is 0 Å². The Kier molecular flexibility index (Phi) is 5.15. The lowest BCUT2D eigenvalue weighted by molar-refractivity contribution is 0.0749. The van der Waals surface area contributed by atoms with Gasteiger partial charge in [0.25, 0.3) is 5.91 Å². The van der Waals surface area contributed by atoms with Crippen molar-refractivity contribution in [2.24, 2.45) is 18.9 Å². The van der Waals surface area contributed by atoms with E-state index < -0.39 is 0 Å². The van der Waals surface area contributed by atoms with Gasteiger partial charge in [0.05, 0.1) is 0 Å². The topological polar surface area (TPSA) is 37.3 Å². The smallest absolute Gasteiger partial charge is 0.270 e. The van der Waals surface area contributed by atoms with Crippen molar-refractivity contribution in [3.63, 3.8) is 0 Å². The maximum absolute atomic E-state index is 12.6. The zero-order valence-corrected chi connectivity index (χ0v) is 14.0. The number of aromatic nitrogens is 1. The Bertz CT molecular complexity index is 477. The highest BCUT2D eigenvalue weighted by Gasteiger charge is 2.32. The van der Waals surface area contributed by atoms with Crippen molar-refractivity contribution < 1.29 is 4.79 Å². The minimum Gasteiger partial charge on any atom is -0.345 e. The number of hydrogen-bond acceptors (Lipinski definition) is 2. The van der Waals surface area contributed by atoms with E-state index in [4.69, 9.17) is 0 Å². The fourth-order valence-corrected chi connectivity index (χ4v) is 3.84. The average Bonchev–Trinajstić information content (AvgIpc) is 2.90. The molecule has 1 aromatic rings. The van der Waals surface area contributed by atoms with Crippen LogP contribution in [-0.2, 0) is 7.05 Å². The van der Waals surface area contributed by atoms with Crippen molar-refractivity contribution in [3.05, 3.63) is 22.4 Å². The fraction of sp³-hybridized carbons (Fsp3) is 0.643. The second-order valence-electron chi connectivity index (χ2n) is 5.70. The Hall–Kier alpha value is -0.520. The number of nitrogens with one attached hydrogen (secondary N) is 1. The monoisotopic (exact) mass is 361 g/mol. The van der Waals surface area contributed by atoms with Crippen molar-refractivity contribution >= 4 is 34.2 Å². The number of nitrogens with zero attached hydrogens (tertiary/aromatic N) is 2. The molecule has 2 aliphatic heterocycles. The SMILES string of the molecule is Cl.Cn1cc(Br)cc1C(=O)N1CC[C@@H]2CNC[C@@H]2CC1. The molecule has 2 fully saturated rings. The first-order valence-corrected chi connectivity index (χ1v) is 7.76. The summed E-state index contributed by atoms with van der Waals surface area (Å²) >= 11 is 3.43. The van der Waals surface area contributed by atoms with Crippen LogP contribution in [0.1, 0.15) is 23.3 Å². The van der Waals surface area contributed by atoms with E-state index in [9.17, 15) is 4.79 Å². The number of fused-ring (bicyclic) bond motifs is 1. The van der Waals surface area contributed by atoms with Crippen molar-refractivity contribution in [2.45, 2.75) is 12.8 Å². The number of aryl methyl sites for hydroxylation is 1. The van der Waals surface area contributed by atoms with Gasteiger partial charge in [-0.2, -0.15) is 0 Å². The van der Waals surface area contributed by atoms with Crippen molar-refractivity contribution in [3.8, 4) is 0 Å². The summed E-state index contributed by atoms with van der Waals surface area (Å²) in [6, 6.07) is 1.91. The van der Waals surface area contributed by atoms with E-state index in [-0.39, 0.29) is 18.3 Å². The predicted octanol–water partition coefficient (Wildman–Crippen LogP) is 2.28. The molecular weight excluding hydrogens is 342 g/mol. The zero-order valence-electron chi connectivity index (χ0n) is 11.6. The second-order valence-corrected chi connectivity index (χ2v) is 6.62. The molecule has 2 atom stereocenters. The van der Waals surface area contributed by atoms with Crippen molar-refractivity contribution in [2.75, 3.05) is 26.2 Å². The maximum Gasteiger partial charge on any atom is 0.270 e. The number of hydrogen-bond donors (Lipinski definition) is 1. The molecule has 0 aliphatic carbocycles. The first-order valence-electron chi connectivity index (χ1n) is 6.97. The molecule has 20 heavy (non-hydrogen) atoms. The summed E-state index contributed by atoms with van der Waals surface area (Å²) in [4.78, 5) is 14.6. The summed E-state index contributed by atoms with van der Waals surface area (Å²) in [5.41, 5.74) is 0.775. The van der Waals surface area contributed by atoms with E-state index in [0.29, 0.717) is 0 Å². The van der Waals surface area contributed by atoms with Crippen LogP contribution in [0.3, 0.4) is 0 Å². The van der Waals surface area contributed by atoms with Crippen LogP contribution in [0.4, 0.5) is 0 Å². The number of halogens is 2. The zero-order chi connectivity index (χ0) is 13.4. The van der Waals surface area contributed by atoms with Gasteiger partial charge in [0, 0.05) is 30.8 Å². The predicted molar refractivity (Wildman–Crippen MR) is 85.3 cm³/mol. The first-order chi connectivity index (χ1) is 9.15. The number of likely N-dealkylation sites (tertiary alicyclic amines) is 1. The average molecular weight is 363 g/mol. The normalized spacial score (nSPS) is 25.8. The Morgan fingerprint density at radius 3 is 2.40 bits per heavy atom. The van der Waals surface area contributed by atoms with Gasteiger partial charge in [0.1, 0.15) is 5.69 Å². The van der Waals surface area contributed by atoms with Gasteiger partial charge in [-0.25, -0.2) is 0 Å². The highest BCUT2D eigenvalue weighted by molar-refractivity contribution is 9.10. The molecule has 3 rings (SSSR count). The molecule has 1 N–H and O–H groups in total. The largest absolute Gasteiger partial charge is 0.345 e. The minimum atomic E-state index is 0. The molecule has 1 amide bonds. The second kappa shape index (κ2) is 6.50. The Morgan fingerprint density at radius 1 is 1.30 bits per heavy atom. The molecule has 0 unspecified atom stereocenters. The molecule has 3 heterocycles. The number of carbonyl (C=O) groups excluding carboxylic acids is 1.